The summed E-state index contributed by atoms with van der Waals surface area (Å²) in [6, 6.07) is 9.46. The molecule has 1 heterocycles. The van der Waals surface area contributed by atoms with Gasteiger partial charge in [0.05, 0.1) is 10.6 Å². The summed E-state index contributed by atoms with van der Waals surface area (Å²) in [6.45, 7) is 4.57. The molecule has 0 aromatic heterocycles. The van der Waals surface area contributed by atoms with Gasteiger partial charge in [-0.3, -0.25) is 4.90 Å². The number of nitrogens with one attached hydrogen (secondary N) is 1. The van der Waals surface area contributed by atoms with E-state index < -0.39 is 5.97 Å². The topological polar surface area (TPSA) is 77.1 Å². The van der Waals surface area contributed by atoms with E-state index in [-0.39, 0.29) is 22.7 Å². The first-order valence-electron chi connectivity index (χ1n) is 8.80. The fourth-order valence-electron chi connectivity index (χ4n) is 2.59. The normalized spacial score (nSPS) is 12.5. The van der Waals surface area contributed by atoms with Crippen molar-refractivity contribution in [2.45, 2.75) is 19.9 Å². The molecule has 1 aliphatic heterocycles. The number of amides is 2. The van der Waals surface area contributed by atoms with Crippen molar-refractivity contribution >= 4 is 29.3 Å². The number of anilines is 1. The van der Waals surface area contributed by atoms with Crippen LogP contribution >= 0.6 is 11.6 Å². The van der Waals surface area contributed by atoms with Gasteiger partial charge in [0.25, 0.3) is 0 Å². The van der Waals surface area contributed by atoms with Crippen molar-refractivity contribution in [2.24, 2.45) is 0 Å². The summed E-state index contributed by atoms with van der Waals surface area (Å²) in [6.07, 6.45) is 0. The molecule has 0 radical (unpaired) electrons. The summed E-state index contributed by atoms with van der Waals surface area (Å²) in [4.78, 5) is 26.0. The van der Waals surface area contributed by atoms with E-state index in [0.717, 1.165) is 0 Å². The van der Waals surface area contributed by atoms with Crippen LogP contribution in [0.15, 0.2) is 36.4 Å². The number of halogens is 1. The monoisotopic (exact) mass is 404 g/mol. The number of fused-ring (bicyclic) bond motifs is 1. The van der Waals surface area contributed by atoms with Crippen molar-refractivity contribution in [2.75, 3.05) is 25.2 Å². The number of carbonyl (C=O) groups is 2. The summed E-state index contributed by atoms with van der Waals surface area (Å²) >= 11 is 6.16. The van der Waals surface area contributed by atoms with Crippen LogP contribution in [0.1, 0.15) is 24.2 Å². The van der Waals surface area contributed by atoms with E-state index in [1.165, 1.54) is 11.0 Å². The van der Waals surface area contributed by atoms with Crippen molar-refractivity contribution in [3.8, 4) is 17.2 Å². The Hall–Kier alpha value is -2.93. The van der Waals surface area contributed by atoms with Gasteiger partial charge in [-0.15, -0.1) is 0 Å². The summed E-state index contributed by atoms with van der Waals surface area (Å²) in [5.74, 6) is 0.616. The van der Waals surface area contributed by atoms with E-state index in [4.69, 9.17) is 25.8 Å². The third-order valence-electron chi connectivity index (χ3n) is 3.98. The molecule has 8 heteroatoms. The van der Waals surface area contributed by atoms with Gasteiger partial charge in [-0.1, -0.05) is 11.6 Å². The fourth-order valence-corrected chi connectivity index (χ4v) is 2.86. The van der Waals surface area contributed by atoms with Crippen LogP contribution in [-0.4, -0.2) is 38.3 Å². The third-order valence-corrected chi connectivity index (χ3v) is 4.26. The second-order valence-corrected chi connectivity index (χ2v) is 6.94. The lowest BCUT2D eigenvalue weighted by Crippen LogP contribution is -2.40. The van der Waals surface area contributed by atoms with Crippen LogP contribution in [0.2, 0.25) is 5.02 Å². The van der Waals surface area contributed by atoms with Gasteiger partial charge in [-0.05, 0) is 50.2 Å². The third kappa shape index (κ3) is 4.48. The van der Waals surface area contributed by atoms with E-state index >= 15 is 0 Å². The molecule has 7 nitrogen and oxygen atoms in total. The number of urea groups is 1. The van der Waals surface area contributed by atoms with Crippen LogP contribution in [0.4, 0.5) is 10.5 Å². The number of nitrogens with zero attached hydrogens (tertiary/aromatic N) is 1. The van der Waals surface area contributed by atoms with Crippen LogP contribution < -0.4 is 24.4 Å². The van der Waals surface area contributed by atoms with E-state index in [0.29, 0.717) is 36.1 Å². The zero-order chi connectivity index (χ0) is 20.3. The highest BCUT2D eigenvalue weighted by Crippen LogP contribution is 2.38. The van der Waals surface area contributed by atoms with Crippen LogP contribution in [0.3, 0.4) is 0 Å². The smallest absolute Gasteiger partial charge is 0.343 e. The lowest BCUT2D eigenvalue weighted by atomic mass is 10.2. The summed E-state index contributed by atoms with van der Waals surface area (Å²) < 4.78 is 16.3. The minimum Gasteiger partial charge on any atom is -0.486 e. The van der Waals surface area contributed by atoms with Gasteiger partial charge >= 0.3 is 12.0 Å². The van der Waals surface area contributed by atoms with Crippen molar-refractivity contribution in [3.63, 3.8) is 0 Å². The molecule has 148 valence electrons. The van der Waals surface area contributed by atoms with E-state index in [2.05, 4.69) is 5.32 Å². The van der Waals surface area contributed by atoms with Gasteiger partial charge < -0.3 is 19.5 Å². The van der Waals surface area contributed by atoms with Gasteiger partial charge in [0.1, 0.15) is 19.0 Å². The van der Waals surface area contributed by atoms with Crippen LogP contribution in [-0.2, 0) is 0 Å². The number of hydrogen-bond acceptors (Lipinski definition) is 5. The molecule has 0 aliphatic carbocycles. The lowest BCUT2D eigenvalue weighted by molar-refractivity contribution is 0.0733. The molecule has 0 saturated carbocycles. The molecule has 1 N–H and O–H groups in total. The van der Waals surface area contributed by atoms with Gasteiger partial charge in [0.15, 0.2) is 11.5 Å². The van der Waals surface area contributed by atoms with E-state index in [1.807, 2.05) is 13.8 Å². The highest BCUT2D eigenvalue weighted by atomic mass is 35.5. The number of hydrogen-bond donors (Lipinski definition) is 1. The standard InChI is InChI=1S/C20H21ClN2O5/c1-12(2)22-20(25)23(3)14-4-6-15(7-5-14)28-19(24)13-10-16(21)18-17(11-13)26-8-9-27-18/h4-7,10-12H,8-9H2,1-3H3,(H,22,25). The maximum atomic E-state index is 12.4. The maximum absolute atomic E-state index is 12.4. The molecule has 0 saturated heterocycles. The molecule has 1 aliphatic rings. The first kappa shape index (κ1) is 19.8. The van der Waals surface area contributed by atoms with Crippen molar-refractivity contribution in [1.29, 1.82) is 0 Å². The van der Waals surface area contributed by atoms with Crippen molar-refractivity contribution < 1.29 is 23.8 Å². The first-order chi connectivity index (χ1) is 13.3. The molecule has 0 atom stereocenters. The highest BCUT2D eigenvalue weighted by Gasteiger charge is 2.20. The second kappa shape index (κ2) is 8.39. The van der Waals surface area contributed by atoms with Crippen molar-refractivity contribution in [3.05, 3.63) is 47.0 Å². The van der Waals surface area contributed by atoms with E-state index in [9.17, 15) is 9.59 Å². The number of benzene rings is 2. The predicted octanol–water partition coefficient (Wildman–Crippen LogP) is 3.88. The SMILES string of the molecule is CC(C)NC(=O)N(C)c1ccc(OC(=O)c2cc(Cl)c3c(c2)OCCO3)cc1. The Kier molecular flexibility index (Phi) is 5.94. The molecular formula is C20H21ClN2O5. The van der Waals surface area contributed by atoms with Gasteiger partial charge in [0.2, 0.25) is 0 Å². The molecule has 2 aromatic carbocycles. The Balaban J connectivity index is 1.69. The summed E-state index contributed by atoms with van der Waals surface area (Å²) in [7, 11) is 1.66. The Morgan fingerprint density at radius 2 is 1.82 bits per heavy atom. The molecule has 0 spiro atoms. The van der Waals surface area contributed by atoms with Gasteiger partial charge in [-0.25, -0.2) is 9.59 Å². The highest BCUT2D eigenvalue weighted by molar-refractivity contribution is 6.32. The predicted molar refractivity (Wildman–Crippen MR) is 106 cm³/mol. The maximum Gasteiger partial charge on any atom is 0.343 e. The van der Waals surface area contributed by atoms with Crippen molar-refractivity contribution in [1.82, 2.24) is 5.32 Å². The Bertz CT molecular complexity index is 883. The molecule has 0 unspecified atom stereocenters. The van der Waals surface area contributed by atoms with Crippen LogP contribution in [0.5, 0.6) is 17.2 Å². The summed E-state index contributed by atoms with van der Waals surface area (Å²) in [5.41, 5.74) is 0.923. The molecule has 0 bridgehead atoms. The average molecular weight is 405 g/mol. The number of rotatable bonds is 4. The fraction of sp³-hybridized carbons (Fsp3) is 0.300. The minimum absolute atomic E-state index is 0.0352. The number of carbonyl (C=O) groups excluding carboxylic acids is 2. The number of ether oxygens (including phenoxy) is 3. The number of esters is 1. The quantitative estimate of drug-likeness (QED) is 0.618. The van der Waals surface area contributed by atoms with Crippen LogP contribution in [0, 0.1) is 0 Å². The molecule has 28 heavy (non-hydrogen) atoms. The van der Waals surface area contributed by atoms with Gasteiger partial charge in [-0.2, -0.15) is 0 Å². The molecule has 0 fully saturated rings. The second-order valence-electron chi connectivity index (χ2n) is 6.53. The lowest BCUT2D eigenvalue weighted by Gasteiger charge is -2.20. The Morgan fingerprint density at radius 1 is 1.14 bits per heavy atom. The van der Waals surface area contributed by atoms with Gasteiger partial charge in [0, 0.05) is 18.8 Å². The molecule has 3 rings (SSSR count). The van der Waals surface area contributed by atoms with Crippen LogP contribution in [0.25, 0.3) is 0 Å². The molecule has 2 aromatic rings. The first-order valence-corrected chi connectivity index (χ1v) is 9.18. The summed E-state index contributed by atoms with van der Waals surface area (Å²) in [5, 5.41) is 3.10. The largest absolute Gasteiger partial charge is 0.486 e. The zero-order valence-electron chi connectivity index (χ0n) is 15.8. The minimum atomic E-state index is -0.572. The van der Waals surface area contributed by atoms with E-state index in [1.54, 1.807) is 37.4 Å². The molecular weight excluding hydrogens is 384 g/mol. The zero-order valence-corrected chi connectivity index (χ0v) is 16.6. The average Bonchev–Trinajstić information content (AvgIpc) is 2.67. The Labute approximate surface area is 168 Å². The Morgan fingerprint density at radius 3 is 2.50 bits per heavy atom. The molecule has 2 amide bonds.